The minimum absolute atomic E-state index is 0.00525. The molecule has 2 aromatic heterocycles. The summed E-state index contributed by atoms with van der Waals surface area (Å²) in [6.07, 6.45) is 1.25. The van der Waals surface area contributed by atoms with Crippen LogP contribution in [0.4, 0.5) is 8.78 Å². The molecule has 0 saturated heterocycles. The Balaban J connectivity index is 1.95. The SMILES string of the molecule is Cc1c(F)ccc(F)c1CSc1cc(=O)c(C(=O)NCC(=O)O)c2nc[nH]n12. The molecule has 0 radical (unpaired) electrons. The smallest absolute Gasteiger partial charge is 0.322 e. The number of nitrogens with zero attached hydrogens (tertiary/aromatic N) is 2. The molecule has 1 aromatic carbocycles. The lowest BCUT2D eigenvalue weighted by Gasteiger charge is -2.10. The van der Waals surface area contributed by atoms with Gasteiger partial charge >= 0.3 is 5.97 Å². The fourth-order valence-corrected chi connectivity index (χ4v) is 3.66. The number of carboxylic acid groups (broad SMARTS) is 1. The number of carboxylic acids is 1. The highest BCUT2D eigenvalue weighted by Crippen LogP contribution is 2.27. The standard InChI is InChI=1S/C17H14F2N4O4S/c1-8-9(11(19)3-2-10(8)18)6-28-13-4-12(24)15(16-21-7-22-23(13)16)17(27)20-5-14(25)26/h2-4,7H,5-6H2,1H3,(H,20,27)(H,21,22)(H,25,26). The second kappa shape index (κ2) is 7.80. The van der Waals surface area contributed by atoms with E-state index in [4.69, 9.17) is 5.11 Å². The topological polar surface area (TPSA) is 117 Å². The molecular formula is C17H14F2N4O4S. The van der Waals surface area contributed by atoms with Gasteiger partial charge in [-0.3, -0.25) is 19.5 Å². The number of halogens is 2. The molecule has 3 rings (SSSR count). The summed E-state index contributed by atoms with van der Waals surface area (Å²) in [7, 11) is 0. The summed E-state index contributed by atoms with van der Waals surface area (Å²) >= 11 is 1.06. The van der Waals surface area contributed by atoms with E-state index in [0.717, 1.165) is 30.0 Å². The number of thioether (sulfide) groups is 1. The van der Waals surface area contributed by atoms with Gasteiger partial charge in [0.05, 0.1) is 0 Å². The first kappa shape index (κ1) is 19.5. The highest BCUT2D eigenvalue weighted by molar-refractivity contribution is 7.98. The number of aliphatic carboxylic acids is 1. The maximum Gasteiger partial charge on any atom is 0.322 e. The normalized spacial score (nSPS) is 11.0. The van der Waals surface area contributed by atoms with Gasteiger partial charge in [0.2, 0.25) is 0 Å². The minimum Gasteiger partial charge on any atom is -0.480 e. The third-order valence-electron chi connectivity index (χ3n) is 4.00. The second-order valence-electron chi connectivity index (χ2n) is 5.77. The lowest BCUT2D eigenvalue weighted by Crippen LogP contribution is -2.33. The van der Waals surface area contributed by atoms with Gasteiger partial charge in [0.25, 0.3) is 5.91 Å². The predicted octanol–water partition coefficient (Wildman–Crippen LogP) is 1.72. The number of hydrogen-bond acceptors (Lipinski definition) is 5. The van der Waals surface area contributed by atoms with Gasteiger partial charge in [0.1, 0.15) is 35.1 Å². The average Bonchev–Trinajstić information content (AvgIpc) is 3.12. The summed E-state index contributed by atoms with van der Waals surface area (Å²) in [6.45, 7) is 0.811. The van der Waals surface area contributed by atoms with Crippen LogP contribution in [-0.4, -0.2) is 38.1 Å². The van der Waals surface area contributed by atoms with Crippen LogP contribution in [0.2, 0.25) is 0 Å². The molecule has 0 fully saturated rings. The Morgan fingerprint density at radius 1 is 1.32 bits per heavy atom. The molecule has 0 unspecified atom stereocenters. The van der Waals surface area contributed by atoms with E-state index in [-0.39, 0.29) is 28.1 Å². The summed E-state index contributed by atoms with van der Waals surface area (Å²) in [5.74, 6) is -3.19. The summed E-state index contributed by atoms with van der Waals surface area (Å²) in [5, 5.41) is 13.8. The number of nitrogens with one attached hydrogen (secondary N) is 2. The van der Waals surface area contributed by atoms with E-state index in [1.807, 2.05) is 0 Å². The Morgan fingerprint density at radius 3 is 2.75 bits per heavy atom. The predicted molar refractivity (Wildman–Crippen MR) is 96.4 cm³/mol. The number of rotatable bonds is 6. The fourth-order valence-electron chi connectivity index (χ4n) is 2.55. The number of aromatic amines is 1. The molecule has 0 aliphatic rings. The van der Waals surface area contributed by atoms with Crippen LogP contribution in [0.15, 0.2) is 34.3 Å². The lowest BCUT2D eigenvalue weighted by molar-refractivity contribution is -0.135. The highest BCUT2D eigenvalue weighted by Gasteiger charge is 2.20. The number of carbonyl (C=O) groups excluding carboxylic acids is 1. The molecule has 0 aliphatic heterocycles. The van der Waals surface area contributed by atoms with Crippen molar-refractivity contribution < 1.29 is 23.5 Å². The second-order valence-corrected chi connectivity index (χ2v) is 6.76. The van der Waals surface area contributed by atoms with Gasteiger partial charge in [-0.05, 0) is 24.6 Å². The maximum atomic E-state index is 14.0. The summed E-state index contributed by atoms with van der Waals surface area (Å²) in [5.41, 5.74) is -0.664. The zero-order chi connectivity index (χ0) is 20.4. The van der Waals surface area contributed by atoms with Gasteiger partial charge in [0, 0.05) is 17.4 Å². The van der Waals surface area contributed by atoms with Gasteiger partial charge in [-0.1, -0.05) is 0 Å². The van der Waals surface area contributed by atoms with Crippen molar-refractivity contribution in [3.63, 3.8) is 0 Å². The van der Waals surface area contributed by atoms with Crippen molar-refractivity contribution in [2.24, 2.45) is 0 Å². The zero-order valence-electron chi connectivity index (χ0n) is 14.5. The van der Waals surface area contributed by atoms with E-state index in [1.165, 1.54) is 17.8 Å². The number of H-pyrrole nitrogens is 1. The average molecular weight is 408 g/mol. The van der Waals surface area contributed by atoms with Gasteiger partial charge in [0.15, 0.2) is 11.1 Å². The van der Waals surface area contributed by atoms with E-state index in [1.54, 1.807) is 0 Å². The van der Waals surface area contributed by atoms with Crippen molar-refractivity contribution in [1.29, 1.82) is 0 Å². The molecule has 1 amide bonds. The molecule has 0 atom stereocenters. The molecule has 0 aliphatic carbocycles. The van der Waals surface area contributed by atoms with Gasteiger partial charge < -0.3 is 10.4 Å². The number of fused-ring (bicyclic) bond motifs is 1. The molecule has 11 heteroatoms. The number of hydrogen-bond donors (Lipinski definition) is 3. The minimum atomic E-state index is -1.26. The molecule has 28 heavy (non-hydrogen) atoms. The van der Waals surface area contributed by atoms with E-state index in [0.29, 0.717) is 5.03 Å². The Morgan fingerprint density at radius 2 is 2.04 bits per heavy atom. The summed E-state index contributed by atoms with van der Waals surface area (Å²) in [6, 6.07) is 3.23. The molecule has 146 valence electrons. The van der Waals surface area contributed by atoms with Crippen LogP contribution in [0.5, 0.6) is 0 Å². The molecular weight excluding hydrogens is 394 g/mol. The number of benzene rings is 1. The first-order chi connectivity index (χ1) is 13.3. The van der Waals surface area contributed by atoms with Crippen molar-refractivity contribution >= 4 is 29.3 Å². The maximum absolute atomic E-state index is 14.0. The third-order valence-corrected chi connectivity index (χ3v) is 5.03. The third kappa shape index (κ3) is 3.74. The van der Waals surface area contributed by atoms with Crippen LogP contribution in [0.25, 0.3) is 5.65 Å². The fraction of sp³-hybridized carbons (Fsp3) is 0.176. The van der Waals surface area contributed by atoms with Crippen LogP contribution >= 0.6 is 11.8 Å². The van der Waals surface area contributed by atoms with E-state index in [9.17, 15) is 23.2 Å². The number of carbonyl (C=O) groups is 2. The largest absolute Gasteiger partial charge is 0.480 e. The lowest BCUT2D eigenvalue weighted by atomic mass is 10.1. The Bertz CT molecular complexity index is 1140. The molecule has 3 N–H and O–H groups in total. The quantitative estimate of drug-likeness (QED) is 0.535. The van der Waals surface area contributed by atoms with Crippen LogP contribution < -0.4 is 10.7 Å². The van der Waals surface area contributed by atoms with Crippen LogP contribution in [0.1, 0.15) is 21.5 Å². The summed E-state index contributed by atoms with van der Waals surface area (Å²) < 4.78 is 29.0. The van der Waals surface area contributed by atoms with Gasteiger partial charge in [-0.15, -0.1) is 11.8 Å². The highest BCUT2D eigenvalue weighted by atomic mass is 32.2. The first-order valence-electron chi connectivity index (χ1n) is 7.95. The zero-order valence-corrected chi connectivity index (χ0v) is 15.3. The van der Waals surface area contributed by atoms with E-state index < -0.39 is 35.5 Å². The Kier molecular flexibility index (Phi) is 5.45. The van der Waals surface area contributed by atoms with E-state index in [2.05, 4.69) is 15.4 Å². The van der Waals surface area contributed by atoms with Crippen molar-refractivity contribution in [2.75, 3.05) is 6.54 Å². The van der Waals surface area contributed by atoms with Crippen molar-refractivity contribution in [1.82, 2.24) is 19.9 Å². The van der Waals surface area contributed by atoms with Gasteiger partial charge in [-0.2, -0.15) is 0 Å². The van der Waals surface area contributed by atoms with Crippen molar-refractivity contribution in [3.8, 4) is 0 Å². The monoisotopic (exact) mass is 408 g/mol. The summed E-state index contributed by atoms with van der Waals surface area (Å²) in [4.78, 5) is 39.1. The van der Waals surface area contributed by atoms with Crippen molar-refractivity contribution in [2.45, 2.75) is 17.7 Å². The van der Waals surface area contributed by atoms with Crippen LogP contribution in [0.3, 0.4) is 0 Å². The Labute approximate surface area is 160 Å². The van der Waals surface area contributed by atoms with Crippen molar-refractivity contribution in [3.05, 3.63) is 63.1 Å². The number of aromatic nitrogens is 3. The first-order valence-corrected chi connectivity index (χ1v) is 8.93. The molecule has 0 bridgehead atoms. The van der Waals surface area contributed by atoms with Gasteiger partial charge in [-0.25, -0.2) is 18.3 Å². The molecule has 0 spiro atoms. The molecule has 2 heterocycles. The number of amides is 1. The molecule has 3 aromatic rings. The number of pyridine rings is 1. The van der Waals surface area contributed by atoms with E-state index >= 15 is 0 Å². The molecule has 8 nitrogen and oxygen atoms in total. The Hall–Kier alpha value is -3.21. The molecule has 0 saturated carbocycles. The van der Waals surface area contributed by atoms with Crippen LogP contribution in [0, 0.1) is 18.6 Å². The van der Waals surface area contributed by atoms with Crippen LogP contribution in [-0.2, 0) is 10.5 Å².